The molecule has 0 bridgehead atoms. The number of allylic oxidation sites excluding steroid dienone is 1. The fourth-order valence-electron chi connectivity index (χ4n) is 1.54. The summed E-state index contributed by atoms with van der Waals surface area (Å²) in [6, 6.07) is 11.1. The topological polar surface area (TPSA) is 43.1 Å². The Morgan fingerprint density at radius 1 is 1.39 bits per heavy atom. The fraction of sp³-hybridized carbons (Fsp3) is 0.0769. The molecule has 0 aliphatic rings. The van der Waals surface area contributed by atoms with Crippen LogP contribution in [-0.2, 0) is 6.42 Å². The Labute approximate surface area is 113 Å². The van der Waals surface area contributed by atoms with E-state index in [9.17, 15) is 10.1 Å². The van der Waals surface area contributed by atoms with Gasteiger partial charge in [-0.15, -0.1) is 11.3 Å². The van der Waals surface area contributed by atoms with Gasteiger partial charge in [0.2, 0.25) is 0 Å². The van der Waals surface area contributed by atoms with Crippen LogP contribution in [-0.4, -0.2) is 4.92 Å². The van der Waals surface area contributed by atoms with Crippen LogP contribution in [0.1, 0.15) is 10.4 Å². The highest BCUT2D eigenvalue weighted by molar-refractivity contribution is 7.11. The van der Waals surface area contributed by atoms with E-state index in [0.29, 0.717) is 11.4 Å². The molecule has 2 rings (SSSR count). The third-order valence-electron chi connectivity index (χ3n) is 2.36. The van der Waals surface area contributed by atoms with Gasteiger partial charge in [0.1, 0.15) is 0 Å². The van der Waals surface area contributed by atoms with Crippen LogP contribution in [0.15, 0.2) is 47.5 Å². The molecule has 0 unspecified atom stereocenters. The van der Waals surface area contributed by atoms with Gasteiger partial charge in [-0.1, -0.05) is 41.9 Å². The van der Waals surface area contributed by atoms with E-state index >= 15 is 0 Å². The summed E-state index contributed by atoms with van der Waals surface area (Å²) in [5.74, 6) is 0. The Morgan fingerprint density at radius 3 is 2.67 bits per heavy atom. The molecule has 1 heterocycles. The van der Waals surface area contributed by atoms with Crippen molar-refractivity contribution in [2.24, 2.45) is 0 Å². The molecule has 1 aromatic heterocycles. The van der Waals surface area contributed by atoms with Crippen molar-refractivity contribution in [1.82, 2.24) is 0 Å². The highest BCUT2D eigenvalue weighted by Gasteiger charge is 2.12. The first kappa shape index (κ1) is 12.8. The van der Waals surface area contributed by atoms with Gasteiger partial charge in [0, 0.05) is 16.3 Å². The number of benzene rings is 1. The van der Waals surface area contributed by atoms with Crippen LogP contribution in [0.5, 0.6) is 0 Å². The highest BCUT2D eigenvalue weighted by atomic mass is 35.5. The number of rotatable bonds is 4. The molecular formula is C13H10ClNO2S. The predicted molar refractivity (Wildman–Crippen MR) is 74.4 cm³/mol. The summed E-state index contributed by atoms with van der Waals surface area (Å²) in [5, 5.41) is 13.4. The van der Waals surface area contributed by atoms with Crippen molar-refractivity contribution < 1.29 is 4.92 Å². The lowest BCUT2D eigenvalue weighted by Gasteiger charge is -1.98. The average molecular weight is 280 g/mol. The van der Waals surface area contributed by atoms with Crippen molar-refractivity contribution in [3.8, 4) is 0 Å². The molecular weight excluding hydrogens is 270 g/mol. The normalized spacial score (nSPS) is 11.5. The summed E-state index contributed by atoms with van der Waals surface area (Å²) in [6.45, 7) is 0. The molecule has 18 heavy (non-hydrogen) atoms. The number of hydrogen-bond acceptors (Lipinski definition) is 3. The van der Waals surface area contributed by atoms with Crippen molar-refractivity contribution in [3.05, 3.63) is 73.1 Å². The Bertz CT molecular complexity index is 578. The van der Waals surface area contributed by atoms with E-state index in [-0.39, 0.29) is 10.6 Å². The Balaban J connectivity index is 2.24. The van der Waals surface area contributed by atoms with E-state index in [1.165, 1.54) is 11.3 Å². The molecule has 3 nitrogen and oxygen atoms in total. The molecule has 2 aromatic rings. The van der Waals surface area contributed by atoms with Gasteiger partial charge in [0.25, 0.3) is 5.70 Å². The standard InChI is InChI=1S/C13H10ClNO2S/c14-11-7-13(18-9-11)8-12(15(16)17)6-10-4-2-1-3-5-10/h1-5,7-9H,6H2. The molecule has 5 heteroatoms. The zero-order valence-corrected chi connectivity index (χ0v) is 10.9. The van der Waals surface area contributed by atoms with Gasteiger partial charge >= 0.3 is 0 Å². The SMILES string of the molecule is O=[N+]([O-])C(=Cc1cc(Cl)cs1)Cc1ccccc1. The summed E-state index contributed by atoms with van der Waals surface area (Å²) in [6.07, 6.45) is 1.88. The molecule has 0 N–H and O–H groups in total. The number of halogens is 1. The summed E-state index contributed by atoms with van der Waals surface area (Å²) >= 11 is 7.19. The fourth-order valence-corrected chi connectivity index (χ4v) is 2.57. The van der Waals surface area contributed by atoms with Crippen molar-refractivity contribution >= 4 is 29.0 Å². The van der Waals surface area contributed by atoms with Crippen LogP contribution >= 0.6 is 22.9 Å². The van der Waals surface area contributed by atoms with E-state index < -0.39 is 0 Å². The summed E-state index contributed by atoms with van der Waals surface area (Å²) in [5.41, 5.74) is 1.09. The van der Waals surface area contributed by atoms with Gasteiger partial charge in [-0.3, -0.25) is 10.1 Å². The van der Waals surface area contributed by atoms with Crippen LogP contribution in [0.3, 0.4) is 0 Å². The molecule has 0 aliphatic heterocycles. The third-order valence-corrected chi connectivity index (χ3v) is 3.59. The van der Waals surface area contributed by atoms with E-state index in [1.54, 1.807) is 17.5 Å². The smallest absolute Gasteiger partial charge is 0.252 e. The molecule has 0 amide bonds. The number of thiophene rings is 1. The summed E-state index contributed by atoms with van der Waals surface area (Å²) in [7, 11) is 0. The van der Waals surface area contributed by atoms with Crippen molar-refractivity contribution in [3.63, 3.8) is 0 Å². The molecule has 0 saturated heterocycles. The zero-order chi connectivity index (χ0) is 13.0. The zero-order valence-electron chi connectivity index (χ0n) is 9.38. The van der Waals surface area contributed by atoms with Gasteiger partial charge in [0.15, 0.2) is 0 Å². The number of nitro groups is 1. The Morgan fingerprint density at radius 2 is 2.11 bits per heavy atom. The molecule has 0 fully saturated rings. The number of hydrogen-bond donors (Lipinski definition) is 0. The second-order valence-corrected chi connectivity index (χ2v) is 5.10. The van der Waals surface area contributed by atoms with E-state index in [1.807, 2.05) is 30.3 Å². The number of nitrogens with zero attached hydrogens (tertiary/aromatic N) is 1. The van der Waals surface area contributed by atoms with E-state index in [4.69, 9.17) is 11.6 Å². The van der Waals surface area contributed by atoms with Gasteiger partial charge in [0.05, 0.1) is 16.4 Å². The first-order valence-electron chi connectivity index (χ1n) is 5.28. The van der Waals surface area contributed by atoms with Crippen molar-refractivity contribution in [2.75, 3.05) is 0 Å². The van der Waals surface area contributed by atoms with Crippen LogP contribution in [0.25, 0.3) is 6.08 Å². The molecule has 1 aromatic carbocycles. The second-order valence-electron chi connectivity index (χ2n) is 3.72. The minimum absolute atomic E-state index is 0.166. The maximum absolute atomic E-state index is 11.0. The van der Waals surface area contributed by atoms with Gasteiger partial charge in [-0.05, 0) is 11.6 Å². The Kier molecular flexibility index (Phi) is 4.12. The first-order chi connectivity index (χ1) is 8.65. The molecule has 0 atom stereocenters. The monoisotopic (exact) mass is 279 g/mol. The van der Waals surface area contributed by atoms with E-state index in [0.717, 1.165) is 10.4 Å². The first-order valence-corrected chi connectivity index (χ1v) is 6.54. The minimum Gasteiger partial charge on any atom is -0.259 e. The molecule has 0 spiro atoms. The van der Waals surface area contributed by atoms with Gasteiger partial charge < -0.3 is 0 Å². The lowest BCUT2D eigenvalue weighted by atomic mass is 10.1. The summed E-state index contributed by atoms with van der Waals surface area (Å²) < 4.78 is 0. The predicted octanol–water partition coefficient (Wildman–Crippen LogP) is 4.26. The van der Waals surface area contributed by atoms with E-state index in [2.05, 4.69) is 0 Å². The van der Waals surface area contributed by atoms with Crippen LogP contribution in [0.2, 0.25) is 5.02 Å². The van der Waals surface area contributed by atoms with Crippen LogP contribution in [0.4, 0.5) is 0 Å². The molecule has 0 radical (unpaired) electrons. The maximum atomic E-state index is 11.0. The van der Waals surface area contributed by atoms with Crippen LogP contribution < -0.4 is 0 Å². The lowest BCUT2D eigenvalue weighted by molar-refractivity contribution is -0.425. The molecule has 92 valence electrons. The molecule has 0 aliphatic carbocycles. The minimum atomic E-state index is -0.347. The van der Waals surface area contributed by atoms with Crippen LogP contribution in [0, 0.1) is 10.1 Å². The lowest BCUT2D eigenvalue weighted by Crippen LogP contribution is -2.01. The average Bonchev–Trinajstić information content (AvgIpc) is 2.75. The Hall–Kier alpha value is -1.65. The van der Waals surface area contributed by atoms with Crippen molar-refractivity contribution in [2.45, 2.75) is 6.42 Å². The largest absolute Gasteiger partial charge is 0.259 e. The summed E-state index contributed by atoms with van der Waals surface area (Å²) in [4.78, 5) is 11.5. The van der Waals surface area contributed by atoms with Crippen molar-refractivity contribution in [1.29, 1.82) is 0 Å². The van der Waals surface area contributed by atoms with Gasteiger partial charge in [-0.25, -0.2) is 0 Å². The van der Waals surface area contributed by atoms with Gasteiger partial charge in [-0.2, -0.15) is 0 Å². The third kappa shape index (κ3) is 3.42. The maximum Gasteiger partial charge on any atom is 0.252 e. The molecule has 0 saturated carbocycles. The quantitative estimate of drug-likeness (QED) is 0.620. The highest BCUT2D eigenvalue weighted by Crippen LogP contribution is 2.22. The second kappa shape index (κ2) is 5.80.